The molecule has 0 fully saturated rings. The van der Waals surface area contributed by atoms with E-state index in [1.54, 1.807) is 31.2 Å². The van der Waals surface area contributed by atoms with Crippen LogP contribution in [0.25, 0.3) is 11.1 Å². The molecular formula is C16H11FI2O3. The number of carbonyl (C=O) groups excluding carboxylic acids is 2. The van der Waals surface area contributed by atoms with Crippen LogP contribution in [0.3, 0.4) is 0 Å². The monoisotopic (exact) mass is 524 g/mol. The van der Waals surface area contributed by atoms with Crippen LogP contribution in [0.5, 0.6) is 0 Å². The Balaban J connectivity index is 2.55. The number of ether oxygens (including phenoxy) is 1. The summed E-state index contributed by atoms with van der Waals surface area (Å²) in [6.07, 6.45) is 0.501. The highest BCUT2D eigenvalue weighted by atomic mass is 127. The molecule has 0 N–H and O–H groups in total. The van der Waals surface area contributed by atoms with Gasteiger partial charge in [0.05, 0.1) is 17.7 Å². The van der Waals surface area contributed by atoms with Crippen LogP contribution in [0.4, 0.5) is 4.39 Å². The maximum Gasteiger partial charge on any atom is 0.338 e. The Hall–Kier alpha value is -1.03. The van der Waals surface area contributed by atoms with Gasteiger partial charge in [-0.05, 0) is 93.6 Å². The van der Waals surface area contributed by atoms with E-state index in [9.17, 15) is 14.0 Å². The quantitative estimate of drug-likeness (QED) is 0.332. The zero-order chi connectivity index (χ0) is 16.3. The summed E-state index contributed by atoms with van der Waals surface area (Å²) in [5.74, 6) is -0.992. The lowest BCUT2D eigenvalue weighted by Crippen LogP contribution is -2.05. The summed E-state index contributed by atoms with van der Waals surface area (Å²) in [5.41, 5.74) is 1.79. The molecule has 0 bridgehead atoms. The summed E-state index contributed by atoms with van der Waals surface area (Å²) in [4.78, 5) is 22.7. The number of halogens is 3. The van der Waals surface area contributed by atoms with Crippen molar-refractivity contribution in [3.8, 4) is 11.1 Å². The van der Waals surface area contributed by atoms with Gasteiger partial charge in [0.25, 0.3) is 0 Å². The number of rotatable bonds is 4. The van der Waals surface area contributed by atoms with Gasteiger partial charge in [-0.2, -0.15) is 0 Å². The molecule has 22 heavy (non-hydrogen) atoms. The van der Waals surface area contributed by atoms with Gasteiger partial charge in [-0.15, -0.1) is 0 Å². The highest BCUT2D eigenvalue weighted by Gasteiger charge is 2.14. The smallest absolute Gasteiger partial charge is 0.338 e. The second kappa shape index (κ2) is 7.49. The van der Waals surface area contributed by atoms with Crippen LogP contribution in [-0.4, -0.2) is 18.9 Å². The van der Waals surface area contributed by atoms with E-state index in [1.165, 1.54) is 6.07 Å². The van der Waals surface area contributed by atoms with Gasteiger partial charge in [0.15, 0.2) is 6.29 Å². The number of benzene rings is 2. The molecule has 2 aromatic rings. The predicted octanol–water partition coefficient (Wildman–Crippen LogP) is 4.69. The second-order valence-electron chi connectivity index (χ2n) is 4.39. The minimum atomic E-state index is -0.575. The van der Waals surface area contributed by atoms with Crippen molar-refractivity contribution in [3.63, 3.8) is 0 Å². The molecule has 0 aliphatic carbocycles. The minimum Gasteiger partial charge on any atom is -0.462 e. The molecular weight excluding hydrogens is 513 g/mol. The molecule has 0 spiro atoms. The molecule has 2 aromatic carbocycles. The van der Waals surface area contributed by atoms with E-state index in [0.717, 1.165) is 9.13 Å². The molecule has 0 heterocycles. The molecule has 0 unspecified atom stereocenters. The molecule has 6 heteroatoms. The Labute approximate surface area is 154 Å². The predicted molar refractivity (Wildman–Crippen MR) is 98.6 cm³/mol. The fourth-order valence-corrected chi connectivity index (χ4v) is 3.31. The van der Waals surface area contributed by atoms with Crippen molar-refractivity contribution in [1.29, 1.82) is 0 Å². The van der Waals surface area contributed by atoms with Gasteiger partial charge in [-0.3, -0.25) is 4.79 Å². The molecule has 114 valence electrons. The second-order valence-corrected chi connectivity index (χ2v) is 6.71. The Morgan fingerprint density at radius 1 is 1.23 bits per heavy atom. The van der Waals surface area contributed by atoms with Gasteiger partial charge in [0, 0.05) is 7.14 Å². The van der Waals surface area contributed by atoms with Gasteiger partial charge in [-0.25, -0.2) is 9.18 Å². The molecule has 0 saturated heterocycles. The number of hydrogen-bond donors (Lipinski definition) is 0. The Morgan fingerprint density at radius 3 is 2.55 bits per heavy atom. The lowest BCUT2D eigenvalue weighted by molar-refractivity contribution is 0.0526. The van der Waals surface area contributed by atoms with Gasteiger partial charge in [0.1, 0.15) is 5.82 Å². The normalized spacial score (nSPS) is 10.4. The minimum absolute atomic E-state index is 0.0425. The summed E-state index contributed by atoms with van der Waals surface area (Å²) in [5, 5.41) is 0. The van der Waals surface area contributed by atoms with Crippen molar-refractivity contribution < 1.29 is 18.7 Å². The van der Waals surface area contributed by atoms with E-state index >= 15 is 0 Å². The summed E-state index contributed by atoms with van der Waals surface area (Å²) in [7, 11) is 0. The van der Waals surface area contributed by atoms with Crippen LogP contribution in [-0.2, 0) is 4.74 Å². The Bertz CT molecular complexity index is 721. The van der Waals surface area contributed by atoms with Crippen molar-refractivity contribution in [3.05, 3.63) is 54.4 Å². The average molecular weight is 524 g/mol. The SMILES string of the molecule is CCOC(=O)c1ccc(I)c(-c2cc(F)c(C=O)c(I)c2)c1. The third-order valence-corrected chi connectivity index (χ3v) is 4.82. The summed E-state index contributed by atoms with van der Waals surface area (Å²) in [6, 6.07) is 8.15. The molecule has 0 aliphatic rings. The zero-order valence-electron chi connectivity index (χ0n) is 11.5. The third-order valence-electron chi connectivity index (χ3n) is 2.99. The molecule has 0 saturated carbocycles. The largest absolute Gasteiger partial charge is 0.462 e. The van der Waals surface area contributed by atoms with E-state index in [0.29, 0.717) is 27.6 Å². The van der Waals surface area contributed by atoms with Gasteiger partial charge < -0.3 is 4.74 Å². The number of aldehydes is 1. The molecule has 0 aromatic heterocycles. The summed E-state index contributed by atoms with van der Waals surface area (Å²) < 4.78 is 20.4. The Morgan fingerprint density at radius 2 is 1.95 bits per heavy atom. The summed E-state index contributed by atoms with van der Waals surface area (Å²) in [6.45, 7) is 2.03. The lowest BCUT2D eigenvalue weighted by Gasteiger charge is -2.10. The number of hydrogen-bond acceptors (Lipinski definition) is 3. The van der Waals surface area contributed by atoms with E-state index < -0.39 is 11.8 Å². The molecule has 3 nitrogen and oxygen atoms in total. The first-order valence-electron chi connectivity index (χ1n) is 6.39. The molecule has 0 aliphatic heterocycles. The van der Waals surface area contributed by atoms with Crippen LogP contribution in [0.1, 0.15) is 27.6 Å². The number of carbonyl (C=O) groups is 2. The first-order chi connectivity index (χ1) is 10.5. The van der Waals surface area contributed by atoms with Crippen LogP contribution in [0, 0.1) is 13.0 Å². The van der Waals surface area contributed by atoms with Crippen molar-refractivity contribution in [2.45, 2.75) is 6.92 Å². The maximum atomic E-state index is 14.0. The standard InChI is InChI=1S/C16H11FI2O3/c1-2-22-16(21)9-3-4-14(18)11(5-9)10-6-13(17)12(8-20)15(19)7-10/h3-8H,2H2,1H3. The van der Waals surface area contributed by atoms with E-state index in [1.807, 2.05) is 22.6 Å². The van der Waals surface area contributed by atoms with Crippen molar-refractivity contribution in [2.24, 2.45) is 0 Å². The highest BCUT2D eigenvalue weighted by molar-refractivity contribution is 14.1. The van der Waals surface area contributed by atoms with E-state index in [2.05, 4.69) is 22.6 Å². The third kappa shape index (κ3) is 3.65. The average Bonchev–Trinajstić information content (AvgIpc) is 2.47. The van der Waals surface area contributed by atoms with Crippen LogP contribution in [0.2, 0.25) is 0 Å². The first-order valence-corrected chi connectivity index (χ1v) is 8.55. The Kier molecular flexibility index (Phi) is 5.90. The maximum absolute atomic E-state index is 14.0. The van der Waals surface area contributed by atoms with Gasteiger partial charge in [0.2, 0.25) is 0 Å². The van der Waals surface area contributed by atoms with Crippen LogP contribution in [0.15, 0.2) is 30.3 Å². The van der Waals surface area contributed by atoms with E-state index in [-0.39, 0.29) is 5.56 Å². The van der Waals surface area contributed by atoms with E-state index in [4.69, 9.17) is 4.74 Å². The van der Waals surface area contributed by atoms with Gasteiger partial charge >= 0.3 is 5.97 Å². The first kappa shape index (κ1) is 17.3. The molecule has 2 rings (SSSR count). The van der Waals surface area contributed by atoms with Crippen molar-refractivity contribution in [1.82, 2.24) is 0 Å². The highest BCUT2D eigenvalue weighted by Crippen LogP contribution is 2.30. The fourth-order valence-electron chi connectivity index (χ4n) is 1.94. The lowest BCUT2D eigenvalue weighted by atomic mass is 10.0. The van der Waals surface area contributed by atoms with Crippen LogP contribution >= 0.6 is 45.2 Å². The molecule has 0 atom stereocenters. The fraction of sp³-hybridized carbons (Fsp3) is 0.125. The number of esters is 1. The van der Waals surface area contributed by atoms with Gasteiger partial charge in [-0.1, -0.05) is 0 Å². The molecule has 0 radical (unpaired) electrons. The summed E-state index contributed by atoms with van der Waals surface area (Å²) >= 11 is 4.04. The molecule has 0 amide bonds. The van der Waals surface area contributed by atoms with Crippen molar-refractivity contribution >= 4 is 57.4 Å². The van der Waals surface area contributed by atoms with Crippen molar-refractivity contribution in [2.75, 3.05) is 6.61 Å². The van der Waals surface area contributed by atoms with Crippen LogP contribution < -0.4 is 0 Å². The zero-order valence-corrected chi connectivity index (χ0v) is 15.8. The topological polar surface area (TPSA) is 43.4 Å².